The highest BCUT2D eigenvalue weighted by molar-refractivity contribution is 9.10. The van der Waals surface area contributed by atoms with E-state index in [0.717, 1.165) is 12.1 Å². The van der Waals surface area contributed by atoms with E-state index in [9.17, 15) is 9.70 Å². The molecule has 1 amide bonds. The van der Waals surface area contributed by atoms with Gasteiger partial charge in [-0.05, 0) is 22.4 Å². The minimum atomic E-state index is -0.845. The molecule has 6 heteroatoms. The monoisotopic (exact) mass is 245 g/mol. The van der Waals surface area contributed by atoms with Crippen molar-refractivity contribution >= 4 is 21.8 Å². The Morgan fingerprint density at radius 3 is 2.69 bits per heavy atom. The number of rotatable bonds is 2. The third-order valence-corrected chi connectivity index (χ3v) is 2.56. The van der Waals surface area contributed by atoms with Crippen molar-refractivity contribution in [2.45, 2.75) is 13.3 Å². The Balaban J connectivity index is 3.25. The predicted octanol–water partition coefficient (Wildman–Crippen LogP) is 1.65. The Kier molecular flexibility index (Phi) is 2.92. The Morgan fingerprint density at radius 2 is 2.31 bits per heavy atom. The maximum Gasteiger partial charge on any atom is 0.338 e. The Labute approximate surface area is 83.2 Å². The smallest absolute Gasteiger partial charge is 0.271 e. The number of hydrogen-bond donors (Lipinski definition) is 0. The van der Waals surface area contributed by atoms with E-state index >= 15 is 0 Å². The molecule has 1 aromatic rings. The molecule has 5 nitrogen and oxygen atoms in total. The normalized spacial score (nSPS) is 10.1. The summed E-state index contributed by atoms with van der Waals surface area (Å²) in [6.07, 6.45) is 0.732. The second-order valence-electron chi connectivity index (χ2n) is 2.48. The van der Waals surface area contributed by atoms with E-state index in [1.165, 1.54) is 0 Å². The highest BCUT2D eigenvalue weighted by Crippen LogP contribution is 2.21. The maximum atomic E-state index is 10.9. The molecule has 0 N–H and O–H groups in total. The van der Waals surface area contributed by atoms with E-state index < -0.39 is 5.91 Å². The lowest BCUT2D eigenvalue weighted by Crippen LogP contribution is -1.98. The molecule has 0 aliphatic rings. The molecule has 0 aliphatic carbocycles. The van der Waals surface area contributed by atoms with Gasteiger partial charge >= 0.3 is 5.91 Å². The first-order valence-corrected chi connectivity index (χ1v) is 4.50. The molecule has 0 atom stereocenters. The minimum absolute atomic E-state index is 0.0781. The molecular formula is C7H8BrN3O2. The van der Waals surface area contributed by atoms with Crippen molar-refractivity contribution in [2.75, 3.05) is 0 Å². The number of halogens is 1. The van der Waals surface area contributed by atoms with Crippen molar-refractivity contribution in [1.82, 2.24) is 9.78 Å². The van der Waals surface area contributed by atoms with E-state index in [4.69, 9.17) is 0 Å². The first-order valence-electron chi connectivity index (χ1n) is 3.70. The van der Waals surface area contributed by atoms with Crippen molar-refractivity contribution < 1.29 is 4.79 Å². The molecule has 0 fully saturated rings. The molecule has 0 unspecified atom stereocenters. The van der Waals surface area contributed by atoms with Crippen molar-refractivity contribution in [2.24, 2.45) is 12.2 Å². The molecule has 1 rings (SSSR count). The van der Waals surface area contributed by atoms with Gasteiger partial charge < -0.3 is 0 Å². The number of aryl methyl sites for hydroxylation is 1. The maximum absolute atomic E-state index is 10.9. The van der Waals surface area contributed by atoms with Gasteiger partial charge in [0, 0.05) is 12.2 Å². The van der Waals surface area contributed by atoms with Crippen LogP contribution in [0.1, 0.15) is 23.1 Å². The number of nitroso groups, excluding NO2 is 1. The number of nitrogens with zero attached hydrogens (tertiary/aromatic N) is 3. The summed E-state index contributed by atoms with van der Waals surface area (Å²) in [7, 11) is 1.71. The average molecular weight is 246 g/mol. The largest absolute Gasteiger partial charge is 0.338 e. The van der Waals surface area contributed by atoms with Crippen LogP contribution >= 0.6 is 15.9 Å². The van der Waals surface area contributed by atoms with E-state index in [-0.39, 0.29) is 5.69 Å². The van der Waals surface area contributed by atoms with Crippen LogP contribution in [0.3, 0.4) is 0 Å². The predicted molar refractivity (Wildman–Crippen MR) is 50.4 cm³/mol. The molecule has 0 radical (unpaired) electrons. The quantitative estimate of drug-likeness (QED) is 0.745. The van der Waals surface area contributed by atoms with Gasteiger partial charge in [0.2, 0.25) is 0 Å². The molecule has 13 heavy (non-hydrogen) atoms. The fraction of sp³-hybridized carbons (Fsp3) is 0.429. The molecule has 0 saturated carbocycles. The summed E-state index contributed by atoms with van der Waals surface area (Å²) in [5, 5.41) is 6.19. The number of carbonyl (C=O) groups is 1. The fourth-order valence-electron chi connectivity index (χ4n) is 1.10. The Hall–Kier alpha value is -1.04. The van der Waals surface area contributed by atoms with E-state index in [2.05, 4.69) is 26.2 Å². The average Bonchev–Trinajstić information content (AvgIpc) is 2.40. The van der Waals surface area contributed by atoms with Gasteiger partial charge in [-0.3, -0.25) is 9.48 Å². The van der Waals surface area contributed by atoms with Crippen LogP contribution in [0.25, 0.3) is 0 Å². The Morgan fingerprint density at radius 1 is 1.69 bits per heavy atom. The van der Waals surface area contributed by atoms with Crippen LogP contribution in [0, 0.1) is 4.91 Å². The van der Waals surface area contributed by atoms with Crippen LogP contribution in [0.5, 0.6) is 0 Å². The van der Waals surface area contributed by atoms with Gasteiger partial charge in [0.05, 0.1) is 10.2 Å². The second-order valence-corrected chi connectivity index (χ2v) is 3.28. The zero-order valence-corrected chi connectivity index (χ0v) is 8.83. The van der Waals surface area contributed by atoms with Gasteiger partial charge in [0.25, 0.3) is 0 Å². The molecule has 0 spiro atoms. The highest BCUT2D eigenvalue weighted by Gasteiger charge is 2.19. The van der Waals surface area contributed by atoms with Gasteiger partial charge in [-0.25, -0.2) is 0 Å². The lowest BCUT2D eigenvalue weighted by Gasteiger charge is -1.95. The van der Waals surface area contributed by atoms with Crippen molar-refractivity contribution in [1.29, 1.82) is 0 Å². The molecule has 70 valence electrons. The lowest BCUT2D eigenvalue weighted by molar-refractivity contribution is 0.0994. The van der Waals surface area contributed by atoms with E-state index in [1.54, 1.807) is 11.7 Å². The Bertz CT molecular complexity index is 359. The van der Waals surface area contributed by atoms with Crippen molar-refractivity contribution in [3.05, 3.63) is 20.8 Å². The molecule has 1 aromatic heterocycles. The first kappa shape index (κ1) is 10.0. The molecule has 0 bridgehead atoms. The van der Waals surface area contributed by atoms with Gasteiger partial charge in [-0.15, -0.1) is 4.91 Å². The van der Waals surface area contributed by atoms with Crippen LogP contribution < -0.4 is 0 Å². The summed E-state index contributed by atoms with van der Waals surface area (Å²) >= 11 is 3.20. The van der Waals surface area contributed by atoms with Gasteiger partial charge in [-0.1, -0.05) is 6.92 Å². The lowest BCUT2D eigenvalue weighted by atomic mass is 10.3. The van der Waals surface area contributed by atoms with Gasteiger partial charge in [0.15, 0.2) is 5.69 Å². The van der Waals surface area contributed by atoms with Crippen LogP contribution in [-0.2, 0) is 13.5 Å². The zero-order valence-electron chi connectivity index (χ0n) is 7.24. The van der Waals surface area contributed by atoms with E-state index in [0.29, 0.717) is 4.47 Å². The van der Waals surface area contributed by atoms with Crippen LogP contribution in [0.4, 0.5) is 0 Å². The summed E-state index contributed by atoms with van der Waals surface area (Å²) < 4.78 is 2.12. The van der Waals surface area contributed by atoms with Crippen molar-refractivity contribution in [3.63, 3.8) is 0 Å². The molecule has 0 aliphatic heterocycles. The second kappa shape index (κ2) is 3.78. The minimum Gasteiger partial charge on any atom is -0.271 e. The third kappa shape index (κ3) is 1.67. The number of hydrogen-bond acceptors (Lipinski definition) is 3. The summed E-state index contributed by atoms with van der Waals surface area (Å²) in [6.45, 7) is 1.93. The van der Waals surface area contributed by atoms with Crippen molar-refractivity contribution in [3.8, 4) is 0 Å². The first-order chi connectivity index (χ1) is 6.11. The molecule has 0 aromatic carbocycles. The van der Waals surface area contributed by atoms with Crippen LogP contribution in [0.15, 0.2) is 9.65 Å². The number of amides is 1. The number of carbonyl (C=O) groups excluding carboxylic acids is 1. The number of aromatic nitrogens is 2. The molecule has 1 heterocycles. The summed E-state index contributed by atoms with van der Waals surface area (Å²) in [6, 6.07) is 0. The highest BCUT2D eigenvalue weighted by atomic mass is 79.9. The SMILES string of the molecule is CCc1c(Br)c(C(=O)N=O)nn1C. The molecular weight excluding hydrogens is 238 g/mol. The summed E-state index contributed by atoms with van der Waals surface area (Å²) in [5.74, 6) is -0.845. The van der Waals surface area contributed by atoms with Crippen LogP contribution in [0.2, 0.25) is 0 Å². The summed E-state index contributed by atoms with van der Waals surface area (Å²) in [4.78, 5) is 20.9. The van der Waals surface area contributed by atoms with Gasteiger partial charge in [-0.2, -0.15) is 5.10 Å². The third-order valence-electron chi connectivity index (χ3n) is 1.72. The molecule has 0 saturated heterocycles. The summed E-state index contributed by atoms with van der Waals surface area (Å²) in [5.41, 5.74) is 0.946. The topological polar surface area (TPSA) is 64.3 Å². The van der Waals surface area contributed by atoms with E-state index in [1.807, 2.05) is 6.92 Å². The van der Waals surface area contributed by atoms with Crippen LogP contribution in [-0.4, -0.2) is 15.7 Å². The zero-order chi connectivity index (χ0) is 10.0. The fourth-order valence-corrected chi connectivity index (χ4v) is 1.88. The van der Waals surface area contributed by atoms with Gasteiger partial charge in [0.1, 0.15) is 0 Å². The standard InChI is InChI=1S/C7H8BrN3O2/c1-3-4-5(8)6(7(12)10-13)9-11(4)2/h3H2,1-2H3.